The second kappa shape index (κ2) is 22.7. The molecule has 386 valence electrons. The molecular formula is C57H72N10O5S. The summed E-state index contributed by atoms with van der Waals surface area (Å²) >= 11 is 1.60. The maximum Gasteiger partial charge on any atom is 0.246 e. The number of phenols is 1. The van der Waals surface area contributed by atoms with E-state index in [0.717, 1.165) is 98.5 Å². The number of aromatic nitrogens is 3. The number of thiazole rings is 1. The lowest BCUT2D eigenvalue weighted by molar-refractivity contribution is -0.144. The third-order valence-electron chi connectivity index (χ3n) is 15.5. The zero-order valence-corrected chi connectivity index (χ0v) is 43.7. The number of para-hydroxylation sites is 1. The topological polar surface area (TPSA) is 190 Å². The molecule has 15 nitrogen and oxygen atoms in total. The Labute approximate surface area is 434 Å². The lowest BCUT2D eigenvalue weighted by Gasteiger charge is -2.43. The van der Waals surface area contributed by atoms with Crippen LogP contribution in [0, 0.1) is 18.3 Å². The number of hydrogen-bond donors (Lipinski definition) is 4. The summed E-state index contributed by atoms with van der Waals surface area (Å²) in [6, 6.07) is 25.6. The van der Waals surface area contributed by atoms with Crippen molar-refractivity contribution in [2.75, 3.05) is 48.3 Å². The molecule has 2 bridgehead atoms. The van der Waals surface area contributed by atoms with Gasteiger partial charge in [-0.2, -0.15) is 0 Å². The number of nitrogens with two attached hydrogens (primary N) is 1. The molecule has 4 atom stereocenters. The molecule has 16 heteroatoms. The zero-order chi connectivity index (χ0) is 51.2. The molecule has 4 amide bonds. The number of piperidine rings is 1. The zero-order valence-electron chi connectivity index (χ0n) is 42.9. The Morgan fingerprint density at radius 2 is 1.58 bits per heavy atom. The lowest BCUT2D eigenvalue weighted by atomic mass is 9.85. The standard InChI is InChI=1S/C57H72N10O5S/c1-37-52(73-36-60-37)41-21-19-39(20-22-41)33-59-55(71)47-15-11-27-66(47)56(72)53(57(2,3)4)61-50(69)17-6-5-7-18-51(70)64-28-25-38(26-29-64)30-40-12-10-13-42(31-40)67-43-23-24-44(67)35-65(34-43)48-32-46(62-63-54(48)58)45-14-8-9-16-49(45)68/h8-10,12-14,16,19-22,31-32,36,38,43-44,47,53,68H,5-7,11,15,17-18,23-30,33-35H2,1-4H3,(H2,58,63)(H,59,71)(H,61,69)/t43?,44?,47-,53+/m0/s1. The average molecular weight is 1010 g/mol. The molecule has 0 aliphatic carbocycles. The maximum atomic E-state index is 14.1. The van der Waals surface area contributed by atoms with Crippen LogP contribution in [0.2, 0.25) is 0 Å². The number of aryl methyl sites for hydroxylation is 1. The number of nitrogens with zero attached hydrogens (tertiary/aromatic N) is 7. The van der Waals surface area contributed by atoms with E-state index in [9.17, 15) is 24.3 Å². The number of piperazine rings is 1. The van der Waals surface area contributed by atoms with Gasteiger partial charge in [-0.1, -0.05) is 75.7 Å². The summed E-state index contributed by atoms with van der Waals surface area (Å²) in [4.78, 5) is 68.3. The highest BCUT2D eigenvalue weighted by Gasteiger charge is 2.43. The van der Waals surface area contributed by atoms with Crippen molar-refractivity contribution < 1.29 is 24.3 Å². The Kier molecular flexibility index (Phi) is 16.0. The molecule has 0 saturated carbocycles. The summed E-state index contributed by atoms with van der Waals surface area (Å²) in [5.74, 6) is 0.657. The molecule has 9 rings (SSSR count). The SMILES string of the molecule is Cc1ncsc1-c1ccc(CNC(=O)[C@@H]2CCCN2C(=O)[C@@H](NC(=O)CCCCCC(=O)N2CCC(Cc3cccc(N4C5CCC4CN(c4cc(-c6ccccc6O)nnc4N)C5)c3)CC2)C(C)(C)C)cc1. The number of nitrogens with one attached hydrogen (secondary N) is 2. The Hall–Kier alpha value is -6.55. The molecule has 0 spiro atoms. The number of hydrogen-bond acceptors (Lipinski definition) is 12. The van der Waals surface area contributed by atoms with Crippen LogP contribution < -0.4 is 26.2 Å². The van der Waals surface area contributed by atoms with Gasteiger partial charge in [-0.3, -0.25) is 19.2 Å². The molecule has 4 saturated heterocycles. The monoisotopic (exact) mass is 1010 g/mol. The number of carbonyl (C=O) groups excluding carboxylic acids is 4. The molecule has 4 aliphatic rings. The molecule has 2 unspecified atom stereocenters. The van der Waals surface area contributed by atoms with Gasteiger partial charge < -0.3 is 41.1 Å². The van der Waals surface area contributed by atoms with E-state index in [-0.39, 0.29) is 35.8 Å². The number of benzene rings is 3. The first kappa shape index (κ1) is 51.4. The van der Waals surface area contributed by atoms with Crippen molar-refractivity contribution in [2.45, 2.75) is 135 Å². The van der Waals surface area contributed by atoms with E-state index >= 15 is 0 Å². The van der Waals surface area contributed by atoms with Gasteiger partial charge in [0.05, 0.1) is 27.5 Å². The summed E-state index contributed by atoms with van der Waals surface area (Å²) in [6.07, 6.45) is 9.27. The number of unbranched alkanes of at least 4 members (excludes halogenated alkanes) is 2. The number of aromatic hydroxyl groups is 1. The predicted molar refractivity (Wildman–Crippen MR) is 288 cm³/mol. The molecular weight excluding hydrogens is 937 g/mol. The Morgan fingerprint density at radius 1 is 0.836 bits per heavy atom. The summed E-state index contributed by atoms with van der Waals surface area (Å²) < 4.78 is 0. The Balaban J connectivity index is 0.681. The van der Waals surface area contributed by atoms with Crippen LogP contribution in [0.5, 0.6) is 5.75 Å². The van der Waals surface area contributed by atoms with Gasteiger partial charge in [-0.15, -0.1) is 21.5 Å². The van der Waals surface area contributed by atoms with Gasteiger partial charge in [-0.25, -0.2) is 4.98 Å². The number of nitrogen functional groups attached to an aromatic ring is 1. The average Bonchev–Trinajstić information content (AvgIpc) is 4.12. The fourth-order valence-corrected chi connectivity index (χ4v) is 12.3. The van der Waals surface area contributed by atoms with Gasteiger partial charge in [0.1, 0.15) is 17.8 Å². The quantitative estimate of drug-likeness (QED) is 0.0656. The van der Waals surface area contributed by atoms with Crippen LogP contribution in [-0.2, 0) is 32.1 Å². The first-order chi connectivity index (χ1) is 35.2. The van der Waals surface area contributed by atoms with Crippen LogP contribution in [0.1, 0.15) is 108 Å². The van der Waals surface area contributed by atoms with Crippen LogP contribution in [-0.4, -0.2) is 111 Å². The molecule has 4 aliphatic heterocycles. The molecule has 6 heterocycles. The van der Waals surface area contributed by atoms with E-state index in [0.29, 0.717) is 73.8 Å². The largest absolute Gasteiger partial charge is 0.507 e. The third-order valence-corrected chi connectivity index (χ3v) is 16.5. The highest BCUT2D eigenvalue weighted by atomic mass is 32.1. The molecule has 5 aromatic rings. The third kappa shape index (κ3) is 12.1. The minimum Gasteiger partial charge on any atom is -0.507 e. The summed E-state index contributed by atoms with van der Waals surface area (Å²) in [6.45, 7) is 11.8. The minimum atomic E-state index is -0.772. The van der Waals surface area contributed by atoms with Crippen LogP contribution in [0.15, 0.2) is 84.4 Å². The smallest absolute Gasteiger partial charge is 0.246 e. The summed E-state index contributed by atoms with van der Waals surface area (Å²) in [5, 5.41) is 25.1. The van der Waals surface area contributed by atoms with Crippen molar-refractivity contribution >= 4 is 52.2 Å². The molecule has 2 aromatic heterocycles. The Bertz CT molecular complexity index is 2740. The van der Waals surface area contributed by atoms with E-state index in [1.165, 1.54) is 11.3 Å². The van der Waals surface area contributed by atoms with Crippen molar-refractivity contribution in [1.82, 2.24) is 35.6 Å². The van der Waals surface area contributed by atoms with E-state index in [4.69, 9.17) is 5.73 Å². The lowest BCUT2D eigenvalue weighted by Crippen LogP contribution is -2.57. The predicted octanol–water partition coefficient (Wildman–Crippen LogP) is 8.29. The second-order valence-electron chi connectivity index (χ2n) is 21.7. The van der Waals surface area contributed by atoms with Crippen LogP contribution in [0.25, 0.3) is 21.7 Å². The van der Waals surface area contributed by atoms with Crippen molar-refractivity contribution in [3.8, 4) is 27.4 Å². The highest BCUT2D eigenvalue weighted by Crippen LogP contribution is 2.40. The van der Waals surface area contributed by atoms with Crippen LogP contribution in [0.4, 0.5) is 17.2 Å². The normalized spacial score (nSPS) is 19.5. The molecule has 0 radical (unpaired) electrons. The fourth-order valence-electron chi connectivity index (χ4n) is 11.5. The number of anilines is 3. The molecule has 73 heavy (non-hydrogen) atoms. The maximum absolute atomic E-state index is 14.1. The number of rotatable bonds is 17. The molecule has 4 fully saturated rings. The van der Waals surface area contributed by atoms with Crippen LogP contribution >= 0.6 is 11.3 Å². The molecule has 3 aromatic carbocycles. The van der Waals surface area contributed by atoms with Gasteiger partial charge in [0.15, 0.2) is 5.82 Å². The number of carbonyl (C=O) groups is 4. The summed E-state index contributed by atoms with van der Waals surface area (Å²) in [7, 11) is 0. The van der Waals surface area contributed by atoms with Gasteiger partial charge in [-0.05, 0) is 123 Å². The second-order valence-corrected chi connectivity index (χ2v) is 22.6. The molecule has 5 N–H and O–H groups in total. The highest BCUT2D eigenvalue weighted by molar-refractivity contribution is 7.13. The van der Waals surface area contributed by atoms with Crippen molar-refractivity contribution in [1.29, 1.82) is 0 Å². The van der Waals surface area contributed by atoms with Gasteiger partial charge in [0.25, 0.3) is 0 Å². The van der Waals surface area contributed by atoms with Gasteiger partial charge in [0.2, 0.25) is 23.6 Å². The number of phenolic OH excluding ortho intramolecular Hbond substituents is 1. The van der Waals surface area contributed by atoms with E-state index < -0.39 is 17.5 Å². The van der Waals surface area contributed by atoms with Crippen molar-refractivity contribution in [2.24, 2.45) is 11.3 Å². The number of amides is 4. The number of likely N-dealkylation sites (tertiary alicyclic amines) is 2. The van der Waals surface area contributed by atoms with Crippen molar-refractivity contribution in [3.05, 3.63) is 101 Å². The van der Waals surface area contributed by atoms with Gasteiger partial charge in [0, 0.05) is 75.4 Å². The number of fused-ring (bicyclic) bond motifs is 2. The van der Waals surface area contributed by atoms with Crippen molar-refractivity contribution in [3.63, 3.8) is 0 Å². The Morgan fingerprint density at radius 3 is 2.29 bits per heavy atom. The fraction of sp³-hybridized carbons (Fsp3) is 0.491. The summed E-state index contributed by atoms with van der Waals surface area (Å²) in [5.41, 5.74) is 15.4. The first-order valence-electron chi connectivity index (χ1n) is 26.4. The minimum absolute atomic E-state index is 0.164. The van der Waals surface area contributed by atoms with Gasteiger partial charge >= 0.3 is 0 Å². The van der Waals surface area contributed by atoms with E-state index in [2.05, 4.69) is 59.9 Å². The van der Waals surface area contributed by atoms with Crippen LogP contribution in [0.3, 0.4) is 0 Å². The van der Waals surface area contributed by atoms with E-state index in [1.807, 2.05) is 80.6 Å². The van der Waals surface area contributed by atoms with E-state index in [1.54, 1.807) is 28.4 Å². The first-order valence-corrected chi connectivity index (χ1v) is 27.3.